The lowest BCUT2D eigenvalue weighted by Gasteiger charge is -2.43. The van der Waals surface area contributed by atoms with Crippen LogP contribution in [0.5, 0.6) is 0 Å². The summed E-state index contributed by atoms with van der Waals surface area (Å²) in [6.07, 6.45) is 16.8. The molecule has 0 saturated heterocycles. The van der Waals surface area contributed by atoms with Crippen molar-refractivity contribution in [1.29, 1.82) is 0 Å². The Balaban J connectivity index is 2.10. The maximum absolute atomic E-state index is 10.3. The van der Waals surface area contributed by atoms with Gasteiger partial charge in [0.25, 0.3) is 0 Å². The van der Waals surface area contributed by atoms with E-state index in [1.807, 2.05) is 0 Å². The van der Waals surface area contributed by atoms with Crippen LogP contribution in [0.15, 0.2) is 0 Å². The molecule has 1 heteroatoms. The van der Waals surface area contributed by atoms with Gasteiger partial charge in [0, 0.05) is 0 Å². The summed E-state index contributed by atoms with van der Waals surface area (Å²) >= 11 is 0. The van der Waals surface area contributed by atoms with E-state index in [4.69, 9.17) is 0 Å². The predicted octanol–water partition coefficient (Wildman–Crippen LogP) is 6.73. The van der Waals surface area contributed by atoms with Crippen LogP contribution in [0.2, 0.25) is 0 Å². The van der Waals surface area contributed by atoms with Gasteiger partial charge in [0.15, 0.2) is 0 Å². The van der Waals surface area contributed by atoms with Crippen LogP contribution in [0.4, 0.5) is 0 Å². The molecular formula is C21H42O. The van der Waals surface area contributed by atoms with Gasteiger partial charge in [0.2, 0.25) is 0 Å². The van der Waals surface area contributed by atoms with Gasteiger partial charge in [-0.2, -0.15) is 0 Å². The molecule has 0 spiro atoms. The van der Waals surface area contributed by atoms with Crippen molar-refractivity contribution in [3.8, 4) is 0 Å². The van der Waals surface area contributed by atoms with Crippen molar-refractivity contribution in [1.82, 2.24) is 0 Å². The molecule has 0 bridgehead atoms. The Hall–Kier alpha value is -0.0400. The average molecular weight is 311 g/mol. The highest BCUT2D eigenvalue weighted by atomic mass is 16.3. The standard InChI is InChI=1S/C21H42O/c1-5-6-7-8-9-10-11-14-19(22)15-16-20-18(2)13-12-17-21(20,3)4/h18-20,22H,5-17H2,1-4H3. The zero-order valence-corrected chi connectivity index (χ0v) is 15.9. The number of unbranched alkanes of at least 4 members (excludes halogenated alkanes) is 6. The molecule has 1 aliphatic carbocycles. The monoisotopic (exact) mass is 310 g/mol. The number of aliphatic hydroxyl groups excluding tert-OH is 1. The van der Waals surface area contributed by atoms with Crippen LogP contribution in [0.25, 0.3) is 0 Å². The Morgan fingerprint density at radius 3 is 2.27 bits per heavy atom. The van der Waals surface area contributed by atoms with Gasteiger partial charge < -0.3 is 5.11 Å². The van der Waals surface area contributed by atoms with Crippen molar-refractivity contribution in [2.75, 3.05) is 0 Å². The predicted molar refractivity (Wildman–Crippen MR) is 98.1 cm³/mol. The summed E-state index contributed by atoms with van der Waals surface area (Å²) in [4.78, 5) is 0. The molecule has 0 radical (unpaired) electrons. The van der Waals surface area contributed by atoms with E-state index < -0.39 is 0 Å². The van der Waals surface area contributed by atoms with Crippen LogP contribution >= 0.6 is 0 Å². The fourth-order valence-electron chi connectivity index (χ4n) is 4.57. The summed E-state index contributed by atoms with van der Waals surface area (Å²) in [5, 5.41) is 10.3. The molecule has 1 nitrogen and oxygen atoms in total. The van der Waals surface area contributed by atoms with E-state index in [1.165, 1.54) is 70.6 Å². The summed E-state index contributed by atoms with van der Waals surface area (Å²) in [7, 11) is 0. The highest BCUT2D eigenvalue weighted by molar-refractivity contribution is 4.86. The Morgan fingerprint density at radius 1 is 1.00 bits per heavy atom. The normalized spacial score (nSPS) is 26.0. The zero-order chi connectivity index (χ0) is 16.4. The zero-order valence-electron chi connectivity index (χ0n) is 15.9. The molecule has 1 N–H and O–H groups in total. The molecule has 3 unspecified atom stereocenters. The summed E-state index contributed by atoms with van der Waals surface area (Å²) in [6, 6.07) is 0. The van der Waals surface area contributed by atoms with E-state index in [1.54, 1.807) is 0 Å². The van der Waals surface area contributed by atoms with E-state index in [9.17, 15) is 5.11 Å². The van der Waals surface area contributed by atoms with Crippen molar-refractivity contribution in [2.45, 2.75) is 117 Å². The number of hydrogen-bond donors (Lipinski definition) is 1. The summed E-state index contributed by atoms with van der Waals surface area (Å²) in [6.45, 7) is 9.57. The Labute approximate surface area is 140 Å². The van der Waals surface area contributed by atoms with Crippen molar-refractivity contribution < 1.29 is 5.11 Å². The minimum atomic E-state index is -0.0550. The van der Waals surface area contributed by atoms with Crippen molar-refractivity contribution in [3.05, 3.63) is 0 Å². The van der Waals surface area contributed by atoms with Gasteiger partial charge in [-0.1, -0.05) is 85.5 Å². The third kappa shape index (κ3) is 7.49. The summed E-state index contributed by atoms with van der Waals surface area (Å²) in [5.74, 6) is 1.65. The van der Waals surface area contributed by atoms with Gasteiger partial charge in [0.1, 0.15) is 0 Å². The molecule has 0 aromatic heterocycles. The summed E-state index contributed by atoms with van der Waals surface area (Å²) < 4.78 is 0. The molecule has 3 atom stereocenters. The molecule has 0 aromatic rings. The minimum absolute atomic E-state index is 0.0550. The van der Waals surface area contributed by atoms with E-state index >= 15 is 0 Å². The first-order valence-corrected chi connectivity index (χ1v) is 10.2. The quantitative estimate of drug-likeness (QED) is 0.419. The number of aliphatic hydroxyl groups is 1. The van der Waals surface area contributed by atoms with Crippen LogP contribution in [0, 0.1) is 17.3 Å². The van der Waals surface area contributed by atoms with E-state index in [2.05, 4.69) is 27.7 Å². The van der Waals surface area contributed by atoms with Gasteiger partial charge in [-0.05, 0) is 42.9 Å². The van der Waals surface area contributed by atoms with Gasteiger partial charge in [-0.25, -0.2) is 0 Å². The third-order valence-electron chi connectivity index (χ3n) is 6.12. The lowest BCUT2D eigenvalue weighted by molar-refractivity contribution is 0.0556. The summed E-state index contributed by atoms with van der Waals surface area (Å²) in [5.41, 5.74) is 0.483. The second-order valence-electron chi connectivity index (χ2n) is 8.61. The fraction of sp³-hybridized carbons (Fsp3) is 1.00. The first-order valence-electron chi connectivity index (χ1n) is 10.2. The van der Waals surface area contributed by atoms with E-state index in [-0.39, 0.29) is 6.10 Å². The molecule has 132 valence electrons. The molecule has 0 aromatic carbocycles. The minimum Gasteiger partial charge on any atom is -0.393 e. The van der Waals surface area contributed by atoms with Gasteiger partial charge in [-0.3, -0.25) is 0 Å². The topological polar surface area (TPSA) is 20.2 Å². The van der Waals surface area contributed by atoms with Crippen molar-refractivity contribution in [2.24, 2.45) is 17.3 Å². The second-order valence-corrected chi connectivity index (χ2v) is 8.61. The van der Waals surface area contributed by atoms with Crippen LogP contribution in [-0.2, 0) is 0 Å². The maximum atomic E-state index is 10.3. The van der Waals surface area contributed by atoms with Crippen LogP contribution in [0.1, 0.15) is 111 Å². The Kier molecular flexibility index (Phi) is 9.71. The molecule has 0 amide bonds. The lowest BCUT2D eigenvalue weighted by atomic mass is 9.62. The van der Waals surface area contributed by atoms with Gasteiger partial charge in [-0.15, -0.1) is 0 Å². The highest BCUT2D eigenvalue weighted by Crippen LogP contribution is 2.46. The smallest absolute Gasteiger partial charge is 0.0540 e. The first kappa shape index (κ1) is 20.0. The third-order valence-corrected chi connectivity index (χ3v) is 6.12. The maximum Gasteiger partial charge on any atom is 0.0540 e. The molecule has 1 saturated carbocycles. The van der Waals surface area contributed by atoms with Crippen molar-refractivity contribution >= 4 is 0 Å². The SMILES string of the molecule is CCCCCCCCCC(O)CCC1C(C)CCCC1(C)C. The molecule has 0 aliphatic heterocycles. The number of hydrogen-bond acceptors (Lipinski definition) is 1. The van der Waals surface area contributed by atoms with Crippen LogP contribution in [0.3, 0.4) is 0 Å². The molecular weight excluding hydrogens is 268 g/mol. The van der Waals surface area contributed by atoms with Gasteiger partial charge >= 0.3 is 0 Å². The van der Waals surface area contributed by atoms with E-state index in [0.29, 0.717) is 5.41 Å². The fourth-order valence-corrected chi connectivity index (χ4v) is 4.57. The highest BCUT2D eigenvalue weighted by Gasteiger charge is 2.36. The van der Waals surface area contributed by atoms with Crippen molar-refractivity contribution in [3.63, 3.8) is 0 Å². The number of rotatable bonds is 11. The van der Waals surface area contributed by atoms with E-state index in [0.717, 1.165) is 24.7 Å². The van der Waals surface area contributed by atoms with Gasteiger partial charge in [0.05, 0.1) is 6.10 Å². The van der Waals surface area contributed by atoms with Crippen LogP contribution < -0.4 is 0 Å². The largest absolute Gasteiger partial charge is 0.393 e. The van der Waals surface area contributed by atoms with Crippen LogP contribution in [-0.4, -0.2) is 11.2 Å². The second kappa shape index (κ2) is 10.7. The Morgan fingerprint density at radius 2 is 1.64 bits per heavy atom. The average Bonchev–Trinajstić information content (AvgIpc) is 2.45. The lowest BCUT2D eigenvalue weighted by Crippen LogP contribution is -2.34. The molecule has 0 heterocycles. The molecule has 22 heavy (non-hydrogen) atoms. The first-order chi connectivity index (χ1) is 10.5. The molecule has 1 fully saturated rings. The molecule has 1 rings (SSSR count). The molecule has 1 aliphatic rings. The Bertz CT molecular complexity index is 271.